The summed E-state index contributed by atoms with van der Waals surface area (Å²) in [4.78, 5) is 24.7. The Labute approximate surface area is 45.7 Å². The quantitative estimate of drug-likeness (QED) is 0.389. The van der Waals surface area contributed by atoms with E-state index >= 15 is 0 Å². The van der Waals surface area contributed by atoms with E-state index in [-0.39, 0.29) is 0 Å². The Morgan fingerprint density at radius 1 is 1.50 bits per heavy atom. The lowest BCUT2D eigenvalue weighted by atomic mass is 13.9. The summed E-state index contributed by atoms with van der Waals surface area (Å²) >= 11 is 0. The minimum absolute atomic E-state index is 1.15. The van der Waals surface area contributed by atoms with Crippen LogP contribution in [-0.2, 0) is 9.13 Å². The number of hydrogen-bond acceptors (Lipinski definition) is 2. The van der Waals surface area contributed by atoms with Gasteiger partial charge in [0, 0.05) is 0 Å². The van der Waals surface area contributed by atoms with Gasteiger partial charge in [-0.2, -0.15) is 4.86 Å². The summed E-state index contributed by atoms with van der Waals surface area (Å²) in [5.74, 6) is 0. The first-order valence-electron chi connectivity index (χ1n) is 1.48. The molecule has 6 nitrogen and oxygen atoms in total. The van der Waals surface area contributed by atoms with Crippen molar-refractivity contribution in [1.82, 2.24) is 4.86 Å². The van der Waals surface area contributed by atoms with E-state index in [1.54, 1.807) is 0 Å². The first-order chi connectivity index (χ1) is 3.42. The van der Waals surface area contributed by atoms with Crippen molar-refractivity contribution in [2.45, 2.75) is 0 Å². The summed E-state index contributed by atoms with van der Waals surface area (Å²) in [5.41, 5.74) is 0. The highest BCUT2D eigenvalue weighted by Gasteiger charge is 2.13. The molecule has 1 atom stereocenters. The molecule has 0 aliphatic heterocycles. The van der Waals surface area contributed by atoms with Crippen LogP contribution in [0.25, 0.3) is 0 Å². The van der Waals surface area contributed by atoms with E-state index in [1.165, 1.54) is 0 Å². The van der Waals surface area contributed by atoms with Crippen molar-refractivity contribution in [3.8, 4) is 0 Å². The van der Waals surface area contributed by atoms with Gasteiger partial charge in [0.1, 0.15) is 0 Å². The Hall–Kier alpha value is 0.300. The maximum atomic E-state index is 9.69. The van der Waals surface area contributed by atoms with E-state index in [9.17, 15) is 9.13 Å². The molecule has 4 N–H and O–H groups in total. The second kappa shape index (κ2) is 2.73. The van der Waals surface area contributed by atoms with Gasteiger partial charge in [-0.15, -0.1) is 0 Å². The van der Waals surface area contributed by atoms with Gasteiger partial charge in [-0.1, -0.05) is 0 Å². The minimum atomic E-state index is -4.49. The third kappa shape index (κ3) is 6.30. The van der Waals surface area contributed by atoms with E-state index in [0.29, 0.717) is 0 Å². The van der Waals surface area contributed by atoms with Crippen LogP contribution >= 0.6 is 15.9 Å². The third-order valence-corrected chi connectivity index (χ3v) is 2.17. The zero-order valence-electron chi connectivity index (χ0n) is 3.61. The monoisotopic (exact) mass is 161 g/mol. The molecule has 0 aromatic heterocycles. The van der Waals surface area contributed by atoms with Crippen molar-refractivity contribution >= 4 is 15.9 Å². The lowest BCUT2D eigenvalue weighted by Crippen LogP contribution is -1.96. The summed E-state index contributed by atoms with van der Waals surface area (Å²) in [6.07, 6.45) is 0. The van der Waals surface area contributed by atoms with Gasteiger partial charge in [0.25, 0.3) is 8.18 Å². The highest BCUT2D eigenvalue weighted by atomic mass is 31.2. The van der Waals surface area contributed by atoms with Crippen molar-refractivity contribution < 1.29 is 23.8 Å². The molecule has 0 spiro atoms. The molecule has 1 unspecified atom stereocenters. The van der Waals surface area contributed by atoms with Gasteiger partial charge < -0.3 is 14.7 Å². The molecule has 8 heavy (non-hydrogen) atoms. The van der Waals surface area contributed by atoms with Crippen LogP contribution in [0, 0.1) is 0 Å². The molecule has 0 bridgehead atoms. The highest BCUT2D eigenvalue weighted by molar-refractivity contribution is 7.60. The molecule has 0 amide bonds. The topological polar surface area (TPSA) is 107 Å². The molecular weight excluding hydrogens is 156 g/mol. The lowest BCUT2D eigenvalue weighted by molar-refractivity contribution is 0.365. The minimum Gasteiger partial charge on any atom is -0.335 e. The molecule has 0 aromatic rings. The van der Waals surface area contributed by atoms with E-state index in [1.807, 2.05) is 0 Å². The van der Waals surface area contributed by atoms with Crippen molar-refractivity contribution in [2.24, 2.45) is 0 Å². The standard InChI is InChI=1S/H5NO5P2/c2-7(3)1-8(4,5)6/h7H,(H4,1,2,3,4,5,6). The second-order valence-corrected chi connectivity index (χ2v) is 3.55. The van der Waals surface area contributed by atoms with E-state index in [4.69, 9.17) is 14.7 Å². The molecule has 0 fully saturated rings. The Morgan fingerprint density at radius 2 is 1.88 bits per heavy atom. The SMILES string of the molecule is O=[PH](O)NP(=O)(O)O. The summed E-state index contributed by atoms with van der Waals surface area (Å²) in [6, 6.07) is 0. The average molecular weight is 161 g/mol. The smallest absolute Gasteiger partial charge is 0.335 e. The van der Waals surface area contributed by atoms with E-state index < -0.39 is 15.9 Å². The second-order valence-electron chi connectivity index (χ2n) is 0.961. The van der Waals surface area contributed by atoms with Gasteiger partial charge >= 0.3 is 7.75 Å². The van der Waals surface area contributed by atoms with E-state index in [0.717, 1.165) is 4.86 Å². The molecule has 0 radical (unpaired) electrons. The molecule has 0 aromatic carbocycles. The van der Waals surface area contributed by atoms with Crippen molar-refractivity contribution in [3.63, 3.8) is 0 Å². The summed E-state index contributed by atoms with van der Waals surface area (Å²) in [5, 5.41) is 0. The highest BCUT2D eigenvalue weighted by Crippen LogP contribution is 2.34. The fourth-order valence-electron chi connectivity index (χ4n) is 0.125. The van der Waals surface area contributed by atoms with Gasteiger partial charge in [-0.25, -0.2) is 4.57 Å². The molecule has 8 heteroatoms. The van der Waals surface area contributed by atoms with Crippen LogP contribution in [0.4, 0.5) is 0 Å². The summed E-state index contributed by atoms with van der Waals surface area (Å²) in [6.45, 7) is 0. The zero-order valence-corrected chi connectivity index (χ0v) is 5.50. The summed E-state index contributed by atoms with van der Waals surface area (Å²) < 4.78 is 19.3. The normalized spacial score (nSPS) is 15.9. The molecule has 0 aliphatic rings. The lowest BCUT2D eigenvalue weighted by Gasteiger charge is -1.98. The fourth-order valence-corrected chi connectivity index (χ4v) is 1.12. The summed E-state index contributed by atoms with van der Waals surface area (Å²) in [7, 11) is -7.74. The van der Waals surface area contributed by atoms with Crippen LogP contribution in [0.1, 0.15) is 0 Å². The fraction of sp³-hybridized carbons (Fsp3) is 0. The Morgan fingerprint density at radius 3 is 1.88 bits per heavy atom. The molecule has 0 heterocycles. The van der Waals surface area contributed by atoms with E-state index in [2.05, 4.69) is 0 Å². The number of hydrogen-bond donors (Lipinski definition) is 4. The average Bonchev–Trinajstić information content (AvgIpc) is 1.21. The molecule has 0 rings (SSSR count). The first-order valence-corrected chi connectivity index (χ1v) is 4.45. The molecule has 50 valence electrons. The van der Waals surface area contributed by atoms with Crippen LogP contribution in [0.2, 0.25) is 0 Å². The van der Waals surface area contributed by atoms with Gasteiger partial charge in [0.05, 0.1) is 0 Å². The molecular formula is H5NO5P2. The molecule has 0 aliphatic carbocycles. The Balaban J connectivity index is 3.74. The maximum absolute atomic E-state index is 9.69. The van der Waals surface area contributed by atoms with Crippen molar-refractivity contribution in [1.29, 1.82) is 0 Å². The molecule has 0 saturated carbocycles. The third-order valence-electron chi connectivity index (χ3n) is 0.241. The van der Waals surface area contributed by atoms with Crippen LogP contribution in [-0.4, -0.2) is 14.7 Å². The molecule has 0 saturated heterocycles. The Bertz CT molecular complexity index is 133. The van der Waals surface area contributed by atoms with Gasteiger partial charge in [-0.3, -0.25) is 4.57 Å². The van der Waals surface area contributed by atoms with Crippen molar-refractivity contribution in [2.75, 3.05) is 0 Å². The van der Waals surface area contributed by atoms with Gasteiger partial charge in [0.2, 0.25) is 0 Å². The van der Waals surface area contributed by atoms with Gasteiger partial charge in [-0.05, 0) is 0 Å². The van der Waals surface area contributed by atoms with Crippen molar-refractivity contribution in [3.05, 3.63) is 0 Å². The predicted octanol–water partition coefficient (Wildman–Crippen LogP) is -0.949. The number of nitrogens with one attached hydrogen (secondary N) is 1. The van der Waals surface area contributed by atoms with Gasteiger partial charge in [0.15, 0.2) is 0 Å². The Kier molecular flexibility index (Phi) is 2.83. The number of rotatable bonds is 2. The zero-order chi connectivity index (χ0) is 6.78. The van der Waals surface area contributed by atoms with Crippen LogP contribution in [0.15, 0.2) is 0 Å². The first kappa shape index (κ1) is 8.30. The predicted molar refractivity (Wildman–Crippen MR) is 26.4 cm³/mol. The largest absolute Gasteiger partial charge is 0.407 e. The van der Waals surface area contributed by atoms with Crippen LogP contribution in [0.3, 0.4) is 0 Å². The van der Waals surface area contributed by atoms with Crippen LogP contribution in [0.5, 0.6) is 0 Å². The maximum Gasteiger partial charge on any atom is 0.407 e. The van der Waals surface area contributed by atoms with Crippen LogP contribution < -0.4 is 4.86 Å².